The van der Waals surface area contributed by atoms with Gasteiger partial charge in [0.25, 0.3) is 0 Å². The first kappa shape index (κ1) is 22.6. The second-order valence-electron chi connectivity index (χ2n) is 9.48. The number of benzene rings is 1. The Balaban J connectivity index is 1.30. The highest BCUT2D eigenvalue weighted by molar-refractivity contribution is 5.91. The lowest BCUT2D eigenvalue weighted by Crippen LogP contribution is -2.42. The Labute approximate surface area is 200 Å². The maximum atomic E-state index is 13.1. The topological polar surface area (TPSA) is 89.2 Å². The van der Waals surface area contributed by atoms with Crippen molar-refractivity contribution in [2.75, 3.05) is 31.6 Å². The molecule has 1 saturated heterocycles. The first-order valence-electron chi connectivity index (χ1n) is 12.0. The van der Waals surface area contributed by atoms with E-state index < -0.39 is 0 Å². The molecule has 180 valence electrons. The number of carbonyl (C=O) groups is 1. The maximum Gasteiger partial charge on any atom is 0.320 e. The first-order valence-corrected chi connectivity index (χ1v) is 12.0. The van der Waals surface area contributed by atoms with Crippen molar-refractivity contribution < 1.29 is 9.53 Å². The van der Waals surface area contributed by atoms with Crippen molar-refractivity contribution >= 4 is 11.8 Å². The SMILES string of the molecule is Cc1c(-c2cnn(C)c2)nn(-c2ccccc2)c1NC(=O)N[C@@H]1CN(CCOC2CC2)C[C@H]1C. The average Bonchev–Trinajstić information content (AvgIpc) is 3.32. The van der Waals surface area contributed by atoms with Crippen LogP contribution in [0, 0.1) is 12.8 Å². The van der Waals surface area contributed by atoms with E-state index in [0.29, 0.717) is 17.8 Å². The highest BCUT2D eigenvalue weighted by atomic mass is 16.5. The highest BCUT2D eigenvalue weighted by Crippen LogP contribution is 2.30. The molecule has 9 nitrogen and oxygen atoms in total. The largest absolute Gasteiger partial charge is 0.377 e. The number of likely N-dealkylation sites (tertiary alicyclic amines) is 1. The quantitative estimate of drug-likeness (QED) is 0.536. The Kier molecular flexibility index (Phi) is 6.38. The number of hydrogen-bond donors (Lipinski definition) is 2. The Morgan fingerprint density at radius 2 is 2.00 bits per heavy atom. The van der Waals surface area contributed by atoms with E-state index in [4.69, 9.17) is 9.84 Å². The van der Waals surface area contributed by atoms with Gasteiger partial charge in [-0.05, 0) is 37.8 Å². The van der Waals surface area contributed by atoms with Gasteiger partial charge in [0, 0.05) is 50.0 Å². The number of aryl methyl sites for hydroxylation is 1. The molecule has 2 aromatic heterocycles. The lowest BCUT2D eigenvalue weighted by molar-refractivity contribution is 0.0972. The van der Waals surface area contributed by atoms with Crippen molar-refractivity contribution in [3.8, 4) is 16.9 Å². The number of urea groups is 1. The average molecular weight is 464 g/mol. The number of amides is 2. The van der Waals surface area contributed by atoms with Crippen LogP contribution in [0.4, 0.5) is 10.6 Å². The van der Waals surface area contributed by atoms with Crippen LogP contribution in [0.15, 0.2) is 42.7 Å². The summed E-state index contributed by atoms with van der Waals surface area (Å²) < 4.78 is 9.33. The normalized spacial score (nSPS) is 20.6. The van der Waals surface area contributed by atoms with E-state index in [1.807, 2.05) is 50.5 Å². The summed E-state index contributed by atoms with van der Waals surface area (Å²) in [5.41, 5.74) is 3.48. The van der Waals surface area contributed by atoms with Gasteiger partial charge in [-0.25, -0.2) is 9.48 Å². The van der Waals surface area contributed by atoms with Gasteiger partial charge in [-0.1, -0.05) is 25.1 Å². The smallest absolute Gasteiger partial charge is 0.320 e. The molecule has 0 radical (unpaired) electrons. The molecule has 1 saturated carbocycles. The second kappa shape index (κ2) is 9.60. The van der Waals surface area contributed by atoms with Crippen molar-refractivity contribution in [2.24, 2.45) is 13.0 Å². The molecular formula is C25H33N7O2. The third-order valence-electron chi connectivity index (χ3n) is 6.62. The molecule has 1 aliphatic heterocycles. The van der Waals surface area contributed by atoms with Crippen LogP contribution in [0.1, 0.15) is 25.3 Å². The van der Waals surface area contributed by atoms with Gasteiger partial charge in [0.2, 0.25) is 0 Å². The third-order valence-corrected chi connectivity index (χ3v) is 6.62. The van der Waals surface area contributed by atoms with Crippen LogP contribution < -0.4 is 10.6 Å². The van der Waals surface area contributed by atoms with Gasteiger partial charge >= 0.3 is 6.03 Å². The number of nitrogens with zero attached hydrogens (tertiary/aromatic N) is 5. The van der Waals surface area contributed by atoms with Crippen LogP contribution in [0.3, 0.4) is 0 Å². The van der Waals surface area contributed by atoms with Gasteiger partial charge in [0.05, 0.1) is 24.6 Å². The summed E-state index contributed by atoms with van der Waals surface area (Å²) in [5, 5.41) is 15.4. The number of para-hydroxylation sites is 1. The lowest BCUT2D eigenvalue weighted by atomic mass is 10.1. The fourth-order valence-electron chi connectivity index (χ4n) is 4.55. The molecule has 3 aromatic rings. The molecule has 3 heterocycles. The van der Waals surface area contributed by atoms with E-state index in [0.717, 1.165) is 48.7 Å². The molecule has 9 heteroatoms. The third kappa shape index (κ3) is 5.00. The van der Waals surface area contributed by atoms with Crippen LogP contribution in [0.25, 0.3) is 16.9 Å². The Hall–Kier alpha value is -3.17. The molecular weight excluding hydrogens is 430 g/mol. The Morgan fingerprint density at radius 1 is 1.21 bits per heavy atom. The number of hydrogen-bond acceptors (Lipinski definition) is 5. The number of anilines is 1. The molecule has 2 fully saturated rings. The zero-order chi connectivity index (χ0) is 23.7. The Morgan fingerprint density at radius 3 is 2.71 bits per heavy atom. The van der Waals surface area contributed by atoms with E-state index in [2.05, 4.69) is 27.6 Å². The molecule has 0 bridgehead atoms. The zero-order valence-corrected chi connectivity index (χ0v) is 20.1. The maximum absolute atomic E-state index is 13.1. The van der Waals surface area contributed by atoms with Crippen LogP contribution in [0.5, 0.6) is 0 Å². The molecule has 0 unspecified atom stereocenters. The lowest BCUT2D eigenvalue weighted by Gasteiger charge is -2.18. The van der Waals surface area contributed by atoms with Crippen molar-refractivity contribution in [3.05, 3.63) is 48.3 Å². The molecule has 2 N–H and O–H groups in total. The van der Waals surface area contributed by atoms with E-state index >= 15 is 0 Å². The standard InChI is InChI=1S/C25H33N7O2/c1-17-14-31(11-12-34-21-9-10-21)16-22(17)27-25(33)28-24-18(2)23(19-13-26-30(3)15-19)29-32(24)20-7-5-4-6-8-20/h4-8,13,15,17,21-22H,9-12,14,16H2,1-3H3,(H2,27,28,33)/t17-,22-/m1/s1. The Bertz CT molecular complexity index is 1140. The van der Waals surface area contributed by atoms with Gasteiger partial charge in [0.1, 0.15) is 11.5 Å². The fourth-order valence-corrected chi connectivity index (χ4v) is 4.55. The van der Waals surface area contributed by atoms with E-state index in [9.17, 15) is 4.79 Å². The number of nitrogens with one attached hydrogen (secondary N) is 2. The first-order chi connectivity index (χ1) is 16.5. The predicted octanol–water partition coefficient (Wildman–Crippen LogP) is 3.20. The zero-order valence-electron chi connectivity index (χ0n) is 20.1. The van der Waals surface area contributed by atoms with E-state index in [1.165, 1.54) is 12.8 Å². The van der Waals surface area contributed by atoms with Crippen LogP contribution >= 0.6 is 0 Å². The molecule has 1 aromatic carbocycles. The molecule has 34 heavy (non-hydrogen) atoms. The minimum atomic E-state index is -0.217. The van der Waals surface area contributed by atoms with Gasteiger partial charge in [-0.2, -0.15) is 10.2 Å². The van der Waals surface area contributed by atoms with Gasteiger partial charge in [0.15, 0.2) is 0 Å². The minimum Gasteiger partial charge on any atom is -0.377 e. The van der Waals surface area contributed by atoms with E-state index in [1.54, 1.807) is 15.6 Å². The minimum absolute atomic E-state index is 0.0899. The summed E-state index contributed by atoms with van der Waals surface area (Å²) >= 11 is 0. The van der Waals surface area contributed by atoms with Crippen molar-refractivity contribution in [1.82, 2.24) is 29.8 Å². The molecule has 1 aliphatic carbocycles. The highest BCUT2D eigenvalue weighted by Gasteiger charge is 2.31. The number of rotatable bonds is 8. The fraction of sp³-hybridized carbons (Fsp3) is 0.480. The molecule has 2 amide bonds. The summed E-state index contributed by atoms with van der Waals surface area (Å²) in [6.45, 7) is 7.64. The second-order valence-corrected chi connectivity index (χ2v) is 9.48. The van der Waals surface area contributed by atoms with Crippen molar-refractivity contribution in [1.29, 1.82) is 0 Å². The number of aromatic nitrogens is 4. The number of ether oxygens (including phenoxy) is 1. The van der Waals surface area contributed by atoms with Crippen LogP contribution in [-0.2, 0) is 11.8 Å². The van der Waals surface area contributed by atoms with Gasteiger partial charge in [-0.15, -0.1) is 0 Å². The van der Waals surface area contributed by atoms with Crippen molar-refractivity contribution in [3.63, 3.8) is 0 Å². The number of carbonyl (C=O) groups excluding carboxylic acids is 1. The molecule has 0 spiro atoms. The van der Waals surface area contributed by atoms with Gasteiger partial charge in [-0.3, -0.25) is 14.9 Å². The summed E-state index contributed by atoms with van der Waals surface area (Å²) in [4.78, 5) is 15.5. The molecule has 2 aliphatic rings. The monoisotopic (exact) mass is 463 g/mol. The van der Waals surface area contributed by atoms with E-state index in [-0.39, 0.29) is 12.1 Å². The van der Waals surface area contributed by atoms with Crippen LogP contribution in [-0.4, -0.2) is 68.9 Å². The summed E-state index contributed by atoms with van der Waals surface area (Å²) in [7, 11) is 1.88. The van der Waals surface area contributed by atoms with Crippen molar-refractivity contribution in [2.45, 2.75) is 38.8 Å². The van der Waals surface area contributed by atoms with Gasteiger partial charge < -0.3 is 10.1 Å². The summed E-state index contributed by atoms with van der Waals surface area (Å²) in [6.07, 6.45) is 6.59. The molecule has 2 atom stereocenters. The predicted molar refractivity (Wildman–Crippen MR) is 131 cm³/mol. The molecule has 5 rings (SSSR count). The summed E-state index contributed by atoms with van der Waals surface area (Å²) in [6, 6.07) is 9.71. The summed E-state index contributed by atoms with van der Waals surface area (Å²) in [5.74, 6) is 1.03. The van der Waals surface area contributed by atoms with Crippen LogP contribution in [0.2, 0.25) is 0 Å².